The molecule has 2 atom stereocenters. The first kappa shape index (κ1) is 33.8. The Labute approximate surface area is 297 Å². The number of ether oxygens (including phenoxy) is 4. The van der Waals surface area contributed by atoms with Gasteiger partial charge in [0.2, 0.25) is 18.3 Å². The lowest BCUT2D eigenvalue weighted by Gasteiger charge is -2.36. The zero-order chi connectivity index (χ0) is 36.0. The highest BCUT2D eigenvalue weighted by atomic mass is 32.1. The van der Waals surface area contributed by atoms with E-state index in [1.54, 1.807) is 35.8 Å². The molecular weight excluding hydrogens is 678 g/mol. The van der Waals surface area contributed by atoms with Crippen LogP contribution >= 0.6 is 12.2 Å². The number of phenols is 1. The number of aromatic hydroxyl groups is 1. The lowest BCUT2D eigenvalue weighted by molar-refractivity contribution is -0.191. The zero-order valence-corrected chi connectivity index (χ0v) is 28.8. The molecule has 1 amide bonds. The number of fused-ring (bicyclic) bond motifs is 6. The van der Waals surface area contributed by atoms with Crippen LogP contribution in [0, 0.1) is 5.92 Å². The number of benzene rings is 2. The second kappa shape index (κ2) is 13.2. The van der Waals surface area contributed by atoms with Gasteiger partial charge in [-0.05, 0) is 73.4 Å². The smallest absolute Gasteiger partial charge is 0.355 e. The minimum absolute atomic E-state index is 0.0317. The van der Waals surface area contributed by atoms with Crippen LogP contribution in [-0.2, 0) is 42.6 Å². The molecule has 3 aliphatic rings. The van der Waals surface area contributed by atoms with Gasteiger partial charge in [-0.2, -0.15) is 0 Å². The van der Waals surface area contributed by atoms with Crippen LogP contribution < -0.4 is 31.0 Å². The molecule has 0 spiro atoms. The first-order valence-corrected chi connectivity index (χ1v) is 16.9. The lowest BCUT2D eigenvalue weighted by atomic mass is 9.85. The van der Waals surface area contributed by atoms with Crippen molar-refractivity contribution in [3.05, 3.63) is 75.6 Å². The number of rotatable bonds is 9. The van der Waals surface area contributed by atoms with E-state index in [1.807, 2.05) is 26.0 Å². The first-order chi connectivity index (χ1) is 24.4. The van der Waals surface area contributed by atoms with Gasteiger partial charge in [-0.1, -0.05) is 20.8 Å². The van der Waals surface area contributed by atoms with E-state index in [9.17, 15) is 24.3 Å². The van der Waals surface area contributed by atoms with Crippen molar-refractivity contribution in [2.45, 2.75) is 58.4 Å². The van der Waals surface area contributed by atoms with Crippen molar-refractivity contribution in [1.29, 1.82) is 0 Å². The van der Waals surface area contributed by atoms with Gasteiger partial charge >= 0.3 is 11.9 Å². The number of thiocarbonyl (C=S) groups is 1. The molecule has 14 nitrogen and oxygen atoms in total. The van der Waals surface area contributed by atoms with Gasteiger partial charge < -0.3 is 44.6 Å². The summed E-state index contributed by atoms with van der Waals surface area (Å²) in [6.45, 7) is 5.26. The molecule has 264 valence electrons. The van der Waals surface area contributed by atoms with E-state index in [0.717, 1.165) is 10.9 Å². The Morgan fingerprint density at radius 1 is 1.08 bits per heavy atom. The van der Waals surface area contributed by atoms with E-state index in [0.29, 0.717) is 34.1 Å². The van der Waals surface area contributed by atoms with Gasteiger partial charge in [0.15, 0.2) is 16.6 Å². The third kappa shape index (κ3) is 6.29. The third-order valence-electron chi connectivity index (χ3n) is 9.11. The summed E-state index contributed by atoms with van der Waals surface area (Å²) in [5.74, 6) is -0.963. The number of esters is 2. The molecule has 7 rings (SSSR count). The molecule has 2 aromatic heterocycles. The Morgan fingerprint density at radius 3 is 2.55 bits per heavy atom. The number of hydrogen-bond donors (Lipinski definition) is 4. The maximum absolute atomic E-state index is 14.0. The van der Waals surface area contributed by atoms with E-state index in [1.165, 1.54) is 12.1 Å². The van der Waals surface area contributed by atoms with Crippen LogP contribution in [0.15, 0.2) is 53.3 Å². The van der Waals surface area contributed by atoms with Crippen LogP contribution in [0.25, 0.3) is 22.3 Å². The Morgan fingerprint density at radius 2 is 1.82 bits per heavy atom. The number of aromatic nitrogens is 2. The predicted octanol–water partition coefficient (Wildman–Crippen LogP) is 3.58. The van der Waals surface area contributed by atoms with Crippen molar-refractivity contribution in [3.8, 4) is 28.6 Å². The summed E-state index contributed by atoms with van der Waals surface area (Å²) in [4.78, 5) is 59.4. The number of hydrogen-bond acceptors (Lipinski definition) is 11. The highest BCUT2D eigenvalue weighted by molar-refractivity contribution is 7.80. The van der Waals surface area contributed by atoms with Gasteiger partial charge in [0.25, 0.3) is 5.56 Å². The highest BCUT2D eigenvalue weighted by Gasteiger charge is 2.51. The topological polar surface area (TPSA) is 179 Å². The monoisotopic (exact) mass is 713 g/mol. The molecule has 0 saturated carbocycles. The van der Waals surface area contributed by atoms with E-state index in [2.05, 4.69) is 16.0 Å². The highest BCUT2D eigenvalue weighted by Crippen LogP contribution is 2.42. The van der Waals surface area contributed by atoms with Gasteiger partial charge in [-0.25, -0.2) is 14.6 Å². The number of nitrogens with zero attached hydrogens (tertiary/aromatic N) is 2. The van der Waals surface area contributed by atoms with Crippen molar-refractivity contribution >= 4 is 51.8 Å². The molecule has 4 N–H and O–H groups in total. The van der Waals surface area contributed by atoms with Crippen LogP contribution in [-0.4, -0.2) is 57.0 Å². The number of nitrogens with one attached hydrogen (secondary N) is 3. The fraction of sp³-hybridized carbons (Fsp3) is 0.333. The van der Waals surface area contributed by atoms with E-state index in [-0.39, 0.29) is 72.8 Å². The number of cyclic esters (lactones) is 1. The van der Waals surface area contributed by atoms with Crippen LogP contribution in [0.2, 0.25) is 0 Å². The third-order valence-corrected chi connectivity index (χ3v) is 9.35. The number of pyridine rings is 2. The summed E-state index contributed by atoms with van der Waals surface area (Å²) in [5, 5.41) is 18.8. The Balaban J connectivity index is 1.15. The molecule has 0 aliphatic carbocycles. The van der Waals surface area contributed by atoms with E-state index in [4.69, 9.17) is 36.1 Å². The number of carbonyl (C=O) groups excluding carboxylic acids is 3. The van der Waals surface area contributed by atoms with Gasteiger partial charge in [0, 0.05) is 28.3 Å². The maximum atomic E-state index is 14.0. The summed E-state index contributed by atoms with van der Waals surface area (Å²) in [6.07, 6.45) is 0.175. The molecule has 5 heterocycles. The maximum Gasteiger partial charge on any atom is 0.355 e. The predicted molar refractivity (Wildman–Crippen MR) is 188 cm³/mol. The fourth-order valence-electron chi connectivity index (χ4n) is 6.58. The summed E-state index contributed by atoms with van der Waals surface area (Å²) in [7, 11) is 0. The normalized spacial score (nSPS) is 17.2. The van der Waals surface area contributed by atoms with E-state index < -0.39 is 29.5 Å². The molecule has 0 fully saturated rings. The average Bonchev–Trinajstić information content (AvgIpc) is 3.71. The van der Waals surface area contributed by atoms with Crippen LogP contribution in [0.1, 0.15) is 50.3 Å². The van der Waals surface area contributed by atoms with Crippen LogP contribution in [0.4, 0.5) is 5.69 Å². The Bertz CT molecular complexity index is 2170. The second-order valence-corrected chi connectivity index (χ2v) is 13.4. The van der Waals surface area contributed by atoms with E-state index >= 15 is 0 Å². The minimum atomic E-state index is -1.95. The van der Waals surface area contributed by atoms with Crippen LogP contribution in [0.5, 0.6) is 17.2 Å². The van der Waals surface area contributed by atoms with Crippen molar-refractivity contribution < 1.29 is 38.4 Å². The summed E-state index contributed by atoms with van der Waals surface area (Å²) in [6, 6.07) is 12.3. The molecule has 51 heavy (non-hydrogen) atoms. The molecule has 4 aromatic rings. The number of carbonyl (C=O) groups is 3. The molecule has 0 saturated heterocycles. The summed E-state index contributed by atoms with van der Waals surface area (Å²) < 4.78 is 24.2. The van der Waals surface area contributed by atoms with Crippen molar-refractivity contribution in [3.63, 3.8) is 0 Å². The minimum Gasteiger partial charge on any atom is -0.508 e. The van der Waals surface area contributed by atoms with Gasteiger partial charge in [0.1, 0.15) is 18.4 Å². The molecule has 2 aromatic carbocycles. The average molecular weight is 714 g/mol. The Hall–Kier alpha value is -5.70. The van der Waals surface area contributed by atoms with Crippen molar-refractivity contribution in [2.24, 2.45) is 5.92 Å². The molecule has 0 bridgehead atoms. The van der Waals surface area contributed by atoms with Crippen LogP contribution in [0.3, 0.4) is 0 Å². The zero-order valence-electron chi connectivity index (χ0n) is 28.0. The fourth-order valence-corrected chi connectivity index (χ4v) is 6.77. The summed E-state index contributed by atoms with van der Waals surface area (Å²) in [5.41, 5.74) is 1.19. The molecular formula is C36H35N5O9S. The Kier molecular flexibility index (Phi) is 8.75. The molecule has 3 aliphatic heterocycles. The quantitative estimate of drug-likeness (QED) is 0.0991. The molecule has 15 heteroatoms. The van der Waals surface area contributed by atoms with Gasteiger partial charge in [-0.15, -0.1) is 0 Å². The number of phenolic OH excluding ortho intramolecular Hbond substituents is 1. The molecule has 0 unspecified atom stereocenters. The largest absolute Gasteiger partial charge is 0.508 e. The SMILES string of the molecule is CC[C@@]1(OC(=O)[C@H](CC(C)C)NC(=O)CNC(=S)Nc2ccc(O)cc2)C(=O)OCc2c1cc1n(c2=O)Cc2cc3cc4c(cc3nc2-1)OCO4. The van der Waals surface area contributed by atoms with Gasteiger partial charge in [0.05, 0.1) is 35.6 Å². The standard InChI is InChI=1S/C36H35N5O9S/c1-4-36(50-33(45)26(9-18(2)3)39-30(43)14-37-35(51)38-21-5-7-22(42)8-6-21)24-12-27-31-20(15-41(27)32(44)23(24)16-47-34(36)46)10-19-11-28-29(49-17-48-28)13-25(19)40-31/h5-8,10-13,18,26,42H,4,9,14-17H2,1-3H3,(H,39,43)(H2,37,38,51)/t26-,36-/m0/s1. The first-order valence-electron chi connectivity index (χ1n) is 16.5. The number of amides is 1. The summed E-state index contributed by atoms with van der Waals surface area (Å²) >= 11 is 5.27. The number of anilines is 1. The van der Waals surface area contributed by atoms with Crippen molar-refractivity contribution in [2.75, 3.05) is 18.7 Å². The lowest BCUT2D eigenvalue weighted by Crippen LogP contribution is -2.52. The molecule has 0 radical (unpaired) electrons. The van der Waals surface area contributed by atoms with Crippen molar-refractivity contribution in [1.82, 2.24) is 20.2 Å². The van der Waals surface area contributed by atoms with Gasteiger partial charge in [-0.3, -0.25) is 9.59 Å². The second-order valence-electron chi connectivity index (χ2n) is 13.0.